The fourth-order valence-corrected chi connectivity index (χ4v) is 3.29. The summed E-state index contributed by atoms with van der Waals surface area (Å²) in [4.78, 5) is 34.1. The summed E-state index contributed by atoms with van der Waals surface area (Å²) in [6, 6.07) is 4.80. The molecule has 6 nitrogen and oxygen atoms in total. The van der Waals surface area contributed by atoms with Crippen LogP contribution in [0.15, 0.2) is 28.4 Å². The molecule has 124 valence electrons. The molecule has 2 aromatic heterocycles. The Balaban J connectivity index is 1.90. The zero-order chi connectivity index (χ0) is 17.5. The number of nitrogens with one attached hydrogen (secondary N) is 3. The molecule has 0 radical (unpaired) electrons. The summed E-state index contributed by atoms with van der Waals surface area (Å²) in [5.74, 6) is -0.286. The highest BCUT2D eigenvalue weighted by molar-refractivity contribution is 7.71. The number of thiazole rings is 1. The molecule has 3 aromatic rings. The van der Waals surface area contributed by atoms with Gasteiger partial charge < -0.3 is 4.98 Å². The summed E-state index contributed by atoms with van der Waals surface area (Å²) >= 11 is 6.34. The molecular weight excluding hydrogens is 344 g/mol. The van der Waals surface area contributed by atoms with Gasteiger partial charge in [0.05, 0.1) is 16.6 Å². The van der Waals surface area contributed by atoms with Gasteiger partial charge in [-0.05, 0) is 30.4 Å². The Kier molecular flexibility index (Phi) is 4.10. The minimum Gasteiger partial charge on any atom is -0.332 e. The van der Waals surface area contributed by atoms with Crippen molar-refractivity contribution in [1.29, 1.82) is 0 Å². The van der Waals surface area contributed by atoms with Crippen molar-refractivity contribution in [1.82, 2.24) is 15.0 Å². The SMILES string of the molecule is CC(C)(C)c1csc(NC(=O)c2ccc3c(=O)[nH]c(=S)[nH]c3c2)n1. The quantitative estimate of drug-likeness (QED) is 0.609. The number of carbonyl (C=O) groups excluding carboxylic acids is 1. The number of hydrogen-bond acceptors (Lipinski definition) is 5. The van der Waals surface area contributed by atoms with Gasteiger partial charge in [0.1, 0.15) is 0 Å². The summed E-state index contributed by atoms with van der Waals surface area (Å²) in [6.45, 7) is 6.20. The van der Waals surface area contributed by atoms with Gasteiger partial charge in [-0.1, -0.05) is 20.8 Å². The zero-order valence-electron chi connectivity index (χ0n) is 13.4. The predicted molar refractivity (Wildman–Crippen MR) is 98.5 cm³/mol. The first kappa shape index (κ1) is 16.5. The third-order valence-corrected chi connectivity index (χ3v) is 4.46. The predicted octanol–water partition coefficient (Wildman–Crippen LogP) is 3.59. The lowest BCUT2D eigenvalue weighted by Gasteiger charge is -2.14. The van der Waals surface area contributed by atoms with E-state index >= 15 is 0 Å². The number of hydrogen-bond donors (Lipinski definition) is 3. The molecule has 0 aliphatic carbocycles. The summed E-state index contributed by atoms with van der Waals surface area (Å²) in [6.07, 6.45) is 0. The highest BCUT2D eigenvalue weighted by Crippen LogP contribution is 2.26. The second-order valence-electron chi connectivity index (χ2n) is 6.41. The number of anilines is 1. The molecule has 1 amide bonds. The molecule has 1 aromatic carbocycles. The van der Waals surface area contributed by atoms with Crippen LogP contribution >= 0.6 is 23.6 Å². The van der Waals surface area contributed by atoms with E-state index in [0.717, 1.165) is 5.69 Å². The first-order chi connectivity index (χ1) is 11.2. The number of fused-ring (bicyclic) bond motifs is 1. The summed E-state index contributed by atoms with van der Waals surface area (Å²) in [5, 5.41) is 5.72. The van der Waals surface area contributed by atoms with Crippen molar-refractivity contribution in [2.24, 2.45) is 0 Å². The lowest BCUT2D eigenvalue weighted by molar-refractivity contribution is 0.102. The molecule has 3 N–H and O–H groups in total. The molecule has 0 unspecified atom stereocenters. The summed E-state index contributed by atoms with van der Waals surface area (Å²) in [7, 11) is 0. The van der Waals surface area contributed by atoms with E-state index in [4.69, 9.17) is 12.2 Å². The second-order valence-corrected chi connectivity index (χ2v) is 7.68. The molecule has 3 rings (SSSR count). The molecule has 0 spiro atoms. The van der Waals surface area contributed by atoms with E-state index < -0.39 is 0 Å². The van der Waals surface area contributed by atoms with E-state index in [1.807, 2.05) is 5.38 Å². The van der Waals surface area contributed by atoms with Gasteiger partial charge in [-0.25, -0.2) is 4.98 Å². The molecule has 24 heavy (non-hydrogen) atoms. The number of amides is 1. The highest BCUT2D eigenvalue weighted by atomic mass is 32.1. The van der Waals surface area contributed by atoms with Crippen LogP contribution in [0.2, 0.25) is 0 Å². The van der Waals surface area contributed by atoms with Gasteiger partial charge in [0.2, 0.25) is 0 Å². The first-order valence-electron chi connectivity index (χ1n) is 7.28. The van der Waals surface area contributed by atoms with Gasteiger partial charge in [0, 0.05) is 16.4 Å². The summed E-state index contributed by atoms with van der Waals surface area (Å²) in [5.41, 5.74) is 1.52. The maximum absolute atomic E-state index is 12.4. The van der Waals surface area contributed by atoms with E-state index in [9.17, 15) is 9.59 Å². The molecule has 0 bridgehead atoms. The summed E-state index contributed by atoms with van der Waals surface area (Å²) < 4.78 is 0.222. The molecular formula is C16H16N4O2S2. The Hall–Kier alpha value is -2.32. The fraction of sp³-hybridized carbons (Fsp3) is 0.250. The monoisotopic (exact) mass is 360 g/mol. The van der Waals surface area contributed by atoms with Gasteiger partial charge in [0.25, 0.3) is 11.5 Å². The zero-order valence-corrected chi connectivity index (χ0v) is 15.0. The van der Waals surface area contributed by atoms with E-state index in [-0.39, 0.29) is 21.7 Å². The molecule has 0 aliphatic heterocycles. The number of H-pyrrole nitrogens is 2. The highest BCUT2D eigenvalue weighted by Gasteiger charge is 2.18. The number of rotatable bonds is 2. The van der Waals surface area contributed by atoms with Crippen LogP contribution in [-0.2, 0) is 5.41 Å². The smallest absolute Gasteiger partial charge is 0.259 e. The molecule has 0 saturated heterocycles. The third kappa shape index (κ3) is 3.29. The Morgan fingerprint density at radius 2 is 2.04 bits per heavy atom. The van der Waals surface area contributed by atoms with E-state index in [0.29, 0.717) is 21.6 Å². The van der Waals surface area contributed by atoms with Crippen molar-refractivity contribution in [3.63, 3.8) is 0 Å². The van der Waals surface area contributed by atoms with Crippen LogP contribution in [0.25, 0.3) is 10.9 Å². The Morgan fingerprint density at radius 1 is 1.29 bits per heavy atom. The Morgan fingerprint density at radius 3 is 2.71 bits per heavy atom. The van der Waals surface area contributed by atoms with Crippen LogP contribution in [0.5, 0.6) is 0 Å². The number of nitrogens with zero attached hydrogens (tertiary/aromatic N) is 1. The van der Waals surface area contributed by atoms with E-state index in [1.165, 1.54) is 11.3 Å². The lowest BCUT2D eigenvalue weighted by atomic mass is 9.93. The maximum Gasteiger partial charge on any atom is 0.259 e. The largest absolute Gasteiger partial charge is 0.332 e. The minimum atomic E-state index is -0.286. The van der Waals surface area contributed by atoms with Crippen LogP contribution in [0.3, 0.4) is 0 Å². The standard InChI is InChI=1S/C16H16N4O2S2/c1-16(2,3)11-7-24-15(18-11)20-12(21)8-4-5-9-10(6-8)17-14(23)19-13(9)22/h4-7H,1-3H3,(H,18,20,21)(H2,17,19,22,23). The lowest BCUT2D eigenvalue weighted by Crippen LogP contribution is -2.15. The molecule has 0 atom stereocenters. The number of carbonyl (C=O) groups is 1. The molecule has 0 aliphatic rings. The number of aromatic amines is 2. The molecule has 8 heteroatoms. The number of benzene rings is 1. The third-order valence-electron chi connectivity index (χ3n) is 3.49. The van der Waals surface area contributed by atoms with Crippen LogP contribution in [0.1, 0.15) is 36.8 Å². The molecule has 2 heterocycles. The van der Waals surface area contributed by atoms with Gasteiger partial charge in [-0.15, -0.1) is 11.3 Å². The maximum atomic E-state index is 12.4. The van der Waals surface area contributed by atoms with Gasteiger partial charge in [-0.3, -0.25) is 19.9 Å². The van der Waals surface area contributed by atoms with Crippen molar-refractivity contribution in [2.75, 3.05) is 5.32 Å². The molecule has 0 fully saturated rings. The average molecular weight is 360 g/mol. The van der Waals surface area contributed by atoms with Gasteiger partial charge in [-0.2, -0.15) is 0 Å². The van der Waals surface area contributed by atoms with Gasteiger partial charge >= 0.3 is 0 Å². The number of aromatic nitrogens is 3. The minimum absolute atomic E-state index is 0.0712. The average Bonchev–Trinajstić information content (AvgIpc) is 2.95. The topological polar surface area (TPSA) is 90.6 Å². The van der Waals surface area contributed by atoms with Gasteiger partial charge in [0.15, 0.2) is 9.90 Å². The van der Waals surface area contributed by atoms with E-state index in [1.54, 1.807) is 18.2 Å². The van der Waals surface area contributed by atoms with Crippen molar-refractivity contribution in [3.8, 4) is 0 Å². The van der Waals surface area contributed by atoms with Crippen molar-refractivity contribution in [3.05, 3.63) is 50.0 Å². The van der Waals surface area contributed by atoms with Crippen molar-refractivity contribution < 1.29 is 4.79 Å². The van der Waals surface area contributed by atoms with E-state index in [2.05, 4.69) is 41.0 Å². The van der Waals surface area contributed by atoms with Crippen LogP contribution in [0.4, 0.5) is 5.13 Å². The van der Waals surface area contributed by atoms with Crippen LogP contribution < -0.4 is 10.9 Å². The normalized spacial score (nSPS) is 11.6. The Bertz CT molecular complexity index is 1040. The van der Waals surface area contributed by atoms with Crippen LogP contribution in [-0.4, -0.2) is 20.9 Å². The van der Waals surface area contributed by atoms with Crippen molar-refractivity contribution in [2.45, 2.75) is 26.2 Å². The fourth-order valence-electron chi connectivity index (χ4n) is 2.16. The second kappa shape index (κ2) is 5.95. The van der Waals surface area contributed by atoms with Crippen molar-refractivity contribution >= 4 is 45.5 Å². The molecule has 0 saturated carbocycles. The Labute approximate surface area is 147 Å². The first-order valence-corrected chi connectivity index (χ1v) is 8.56. The van der Waals surface area contributed by atoms with Crippen LogP contribution in [0, 0.1) is 4.77 Å².